The van der Waals surface area contributed by atoms with E-state index in [4.69, 9.17) is 5.11 Å². The fourth-order valence-corrected chi connectivity index (χ4v) is 2.70. The van der Waals surface area contributed by atoms with Gasteiger partial charge < -0.3 is 14.9 Å². The van der Waals surface area contributed by atoms with Crippen LogP contribution >= 0.6 is 0 Å². The lowest BCUT2D eigenvalue weighted by Gasteiger charge is -2.32. The Morgan fingerprint density at radius 3 is 2.52 bits per heavy atom. The van der Waals surface area contributed by atoms with Gasteiger partial charge in [0.25, 0.3) is 5.91 Å². The molecule has 1 aliphatic rings. The maximum Gasteiger partial charge on any atom is 0.308 e. The summed E-state index contributed by atoms with van der Waals surface area (Å²) in [5.74, 6) is -1.80. The lowest BCUT2D eigenvalue weighted by atomic mass is 9.98. The van der Waals surface area contributed by atoms with Crippen LogP contribution in [0.25, 0.3) is 0 Å². The van der Waals surface area contributed by atoms with Crippen LogP contribution in [0.5, 0.6) is 0 Å². The lowest BCUT2D eigenvalue weighted by Crippen LogP contribution is -2.46. The number of likely N-dealkylation sites (N-methyl/N-ethyl adjacent to an activating group) is 1. The predicted molar refractivity (Wildman–Crippen MR) is 85.1 cm³/mol. The molecule has 0 spiro atoms. The lowest BCUT2D eigenvalue weighted by molar-refractivity contribution is -0.145. The van der Waals surface area contributed by atoms with Gasteiger partial charge in [0.2, 0.25) is 5.91 Å². The van der Waals surface area contributed by atoms with Gasteiger partial charge in [0.05, 0.1) is 12.5 Å². The molecule has 2 amide bonds. The highest BCUT2D eigenvalue weighted by molar-refractivity contribution is 5.96. The van der Waals surface area contributed by atoms with Crippen LogP contribution in [0.2, 0.25) is 0 Å². The molecule has 1 saturated heterocycles. The number of benzene rings is 1. The molecule has 23 heavy (non-hydrogen) atoms. The second-order valence-corrected chi connectivity index (χ2v) is 6.04. The molecule has 0 radical (unpaired) electrons. The van der Waals surface area contributed by atoms with Gasteiger partial charge in [-0.15, -0.1) is 0 Å². The first-order valence-electron chi connectivity index (χ1n) is 7.71. The topological polar surface area (TPSA) is 77.9 Å². The van der Waals surface area contributed by atoms with Gasteiger partial charge in [0, 0.05) is 25.7 Å². The van der Waals surface area contributed by atoms with Crippen LogP contribution in [0.3, 0.4) is 0 Å². The van der Waals surface area contributed by atoms with Gasteiger partial charge in [-0.25, -0.2) is 0 Å². The third-order valence-electron chi connectivity index (χ3n) is 4.14. The molecule has 0 saturated carbocycles. The Labute approximate surface area is 135 Å². The molecule has 1 atom stereocenters. The van der Waals surface area contributed by atoms with Crippen LogP contribution in [-0.4, -0.2) is 59.4 Å². The van der Waals surface area contributed by atoms with Crippen molar-refractivity contribution in [2.45, 2.75) is 19.8 Å². The monoisotopic (exact) mass is 318 g/mol. The SMILES string of the molecule is Cc1ccc(C(=O)N(C)CC(=O)N2CCCC(C(=O)O)C2)cc1. The maximum absolute atomic E-state index is 12.3. The van der Waals surface area contributed by atoms with Crippen molar-refractivity contribution in [3.63, 3.8) is 0 Å². The third-order valence-corrected chi connectivity index (χ3v) is 4.14. The molecule has 1 unspecified atom stereocenters. The Morgan fingerprint density at radius 2 is 1.91 bits per heavy atom. The van der Waals surface area contributed by atoms with Crippen molar-refractivity contribution in [3.05, 3.63) is 35.4 Å². The number of carboxylic acid groups (broad SMARTS) is 1. The smallest absolute Gasteiger partial charge is 0.308 e. The molecule has 0 aliphatic carbocycles. The van der Waals surface area contributed by atoms with Crippen LogP contribution in [0.1, 0.15) is 28.8 Å². The van der Waals surface area contributed by atoms with Gasteiger partial charge in [-0.1, -0.05) is 17.7 Å². The highest BCUT2D eigenvalue weighted by Crippen LogP contribution is 2.17. The number of aryl methyl sites for hydroxylation is 1. The second-order valence-electron chi connectivity index (χ2n) is 6.04. The summed E-state index contributed by atoms with van der Waals surface area (Å²) in [7, 11) is 1.58. The summed E-state index contributed by atoms with van der Waals surface area (Å²) in [4.78, 5) is 38.6. The second kappa shape index (κ2) is 7.26. The minimum absolute atomic E-state index is 0.0426. The van der Waals surface area contributed by atoms with Crippen molar-refractivity contribution in [2.75, 3.05) is 26.7 Å². The van der Waals surface area contributed by atoms with Crippen molar-refractivity contribution in [2.24, 2.45) is 5.92 Å². The number of nitrogens with zero attached hydrogens (tertiary/aromatic N) is 2. The van der Waals surface area contributed by atoms with Crippen LogP contribution in [0, 0.1) is 12.8 Å². The Balaban J connectivity index is 1.95. The van der Waals surface area contributed by atoms with Crippen molar-refractivity contribution >= 4 is 17.8 Å². The number of rotatable bonds is 4. The van der Waals surface area contributed by atoms with Gasteiger partial charge in [-0.3, -0.25) is 14.4 Å². The number of piperidine rings is 1. The largest absolute Gasteiger partial charge is 0.481 e. The Kier molecular flexibility index (Phi) is 5.36. The van der Waals surface area contributed by atoms with Gasteiger partial charge in [0.1, 0.15) is 0 Å². The molecule has 1 aromatic rings. The Bertz CT molecular complexity index is 597. The Hall–Kier alpha value is -2.37. The molecule has 6 nitrogen and oxygen atoms in total. The van der Waals surface area contributed by atoms with Crippen LogP contribution in [0.15, 0.2) is 24.3 Å². The molecule has 124 valence electrons. The quantitative estimate of drug-likeness (QED) is 0.910. The summed E-state index contributed by atoms with van der Waals surface area (Å²) < 4.78 is 0. The summed E-state index contributed by atoms with van der Waals surface area (Å²) in [6, 6.07) is 7.18. The standard InChI is InChI=1S/C17H22N2O4/c1-12-5-7-13(8-6-12)16(21)18(2)11-15(20)19-9-3-4-14(10-19)17(22)23/h5-8,14H,3-4,9-11H2,1-2H3,(H,22,23). The summed E-state index contributed by atoms with van der Waals surface area (Å²) in [5, 5.41) is 9.08. The van der Waals surface area contributed by atoms with Crippen molar-refractivity contribution < 1.29 is 19.5 Å². The van der Waals surface area contributed by atoms with E-state index < -0.39 is 11.9 Å². The van der Waals surface area contributed by atoms with E-state index in [9.17, 15) is 14.4 Å². The van der Waals surface area contributed by atoms with Gasteiger partial charge in [-0.2, -0.15) is 0 Å². The molecule has 0 aromatic heterocycles. The molecule has 1 aliphatic heterocycles. The zero-order valence-electron chi connectivity index (χ0n) is 13.5. The molecule has 6 heteroatoms. The average molecular weight is 318 g/mol. The summed E-state index contributed by atoms with van der Waals surface area (Å²) in [6.45, 7) is 2.67. The molecule has 1 heterocycles. The molecule has 1 aromatic carbocycles. The first-order valence-corrected chi connectivity index (χ1v) is 7.71. The van der Waals surface area contributed by atoms with Crippen LogP contribution in [-0.2, 0) is 9.59 Å². The third kappa shape index (κ3) is 4.31. The van der Waals surface area contributed by atoms with Crippen molar-refractivity contribution in [1.82, 2.24) is 9.80 Å². The van der Waals surface area contributed by atoms with Gasteiger partial charge in [-0.05, 0) is 31.9 Å². The molecule has 1 fully saturated rings. The Morgan fingerprint density at radius 1 is 1.26 bits per heavy atom. The van der Waals surface area contributed by atoms with Crippen molar-refractivity contribution in [3.8, 4) is 0 Å². The minimum atomic E-state index is -0.869. The first kappa shape index (κ1) is 17.0. The summed E-state index contributed by atoms with van der Waals surface area (Å²) in [5.41, 5.74) is 1.60. The predicted octanol–water partition coefficient (Wildman–Crippen LogP) is 1.39. The zero-order chi connectivity index (χ0) is 17.0. The van der Waals surface area contributed by atoms with E-state index >= 15 is 0 Å². The summed E-state index contributed by atoms with van der Waals surface area (Å²) in [6.07, 6.45) is 1.27. The number of aliphatic carboxylic acids is 1. The fraction of sp³-hybridized carbons (Fsp3) is 0.471. The van der Waals surface area contributed by atoms with E-state index in [-0.39, 0.29) is 24.9 Å². The van der Waals surface area contributed by atoms with E-state index in [1.165, 1.54) is 4.90 Å². The number of carboxylic acids is 1. The van der Waals surface area contributed by atoms with Crippen LogP contribution in [0.4, 0.5) is 0 Å². The van der Waals surface area contributed by atoms with Crippen molar-refractivity contribution in [1.29, 1.82) is 0 Å². The van der Waals surface area contributed by atoms with Crippen LogP contribution < -0.4 is 0 Å². The molecule has 1 N–H and O–H groups in total. The molecular weight excluding hydrogens is 296 g/mol. The van der Waals surface area contributed by atoms with E-state index in [1.54, 1.807) is 24.1 Å². The first-order chi connectivity index (χ1) is 10.9. The zero-order valence-corrected chi connectivity index (χ0v) is 13.5. The maximum atomic E-state index is 12.3. The number of amides is 2. The van der Waals surface area contributed by atoms with E-state index in [2.05, 4.69) is 0 Å². The van der Waals surface area contributed by atoms with Gasteiger partial charge >= 0.3 is 5.97 Å². The molecule has 0 bridgehead atoms. The summed E-state index contributed by atoms with van der Waals surface area (Å²) >= 11 is 0. The minimum Gasteiger partial charge on any atom is -0.481 e. The van der Waals surface area contributed by atoms with E-state index in [0.29, 0.717) is 24.9 Å². The highest BCUT2D eigenvalue weighted by atomic mass is 16.4. The van der Waals surface area contributed by atoms with E-state index in [0.717, 1.165) is 5.56 Å². The van der Waals surface area contributed by atoms with E-state index in [1.807, 2.05) is 19.1 Å². The number of carbonyl (C=O) groups excluding carboxylic acids is 2. The number of hydrogen-bond acceptors (Lipinski definition) is 3. The highest BCUT2D eigenvalue weighted by Gasteiger charge is 2.29. The number of likely N-dealkylation sites (tertiary alicyclic amines) is 1. The fourth-order valence-electron chi connectivity index (χ4n) is 2.70. The number of hydrogen-bond donors (Lipinski definition) is 1. The normalized spacial score (nSPS) is 17.7. The average Bonchev–Trinajstić information content (AvgIpc) is 2.54. The molecular formula is C17H22N2O4. The van der Waals surface area contributed by atoms with Gasteiger partial charge in [0.15, 0.2) is 0 Å². The molecule has 2 rings (SSSR count). The number of carbonyl (C=O) groups is 3.